The van der Waals surface area contributed by atoms with Crippen LogP contribution in [-0.2, 0) is 10.0 Å². The second-order valence-corrected chi connectivity index (χ2v) is 10.5. The molecule has 0 atom stereocenters. The number of nitrogens with two attached hydrogens (primary N) is 1. The zero-order valence-corrected chi connectivity index (χ0v) is 17.6. The van der Waals surface area contributed by atoms with Gasteiger partial charge in [0, 0.05) is 18.9 Å². The van der Waals surface area contributed by atoms with Gasteiger partial charge < -0.3 is 10.1 Å². The Balaban J connectivity index is 2.37. The monoisotopic (exact) mass is 369 g/mol. The van der Waals surface area contributed by atoms with E-state index >= 15 is 0 Å². The number of aryl methyl sites for hydroxylation is 1. The molecule has 1 fully saturated rings. The molecule has 1 saturated heterocycles. The summed E-state index contributed by atoms with van der Waals surface area (Å²) in [6.45, 7) is 14.3. The molecular weight excluding hydrogens is 336 g/mol. The maximum absolute atomic E-state index is 13.1. The molecule has 0 amide bonds. The van der Waals surface area contributed by atoms with E-state index < -0.39 is 10.0 Å². The Morgan fingerprint density at radius 3 is 2.08 bits per heavy atom. The van der Waals surface area contributed by atoms with Crippen molar-refractivity contribution in [2.45, 2.75) is 83.3 Å². The first-order valence-electron chi connectivity index (χ1n) is 8.82. The molecule has 0 spiro atoms. The van der Waals surface area contributed by atoms with Crippen LogP contribution in [0, 0.1) is 20.8 Å². The van der Waals surface area contributed by atoms with Crippen molar-refractivity contribution < 1.29 is 18.5 Å². The van der Waals surface area contributed by atoms with Crippen molar-refractivity contribution in [1.82, 2.24) is 4.72 Å². The quantitative estimate of drug-likeness (QED) is 0.854. The standard InChI is InChI=1S/C19H32N2O3S/c1-12-9-16(13(2)14(3)17(12)24-8)25(22,23)20-15-10-18(4,5)21-19(6,7)11-15/h9,15,20-21H,10-11H2,1-8H3/p+1. The Morgan fingerprint density at radius 1 is 1.08 bits per heavy atom. The Labute approximate surface area is 152 Å². The van der Waals surface area contributed by atoms with Crippen molar-refractivity contribution >= 4 is 10.0 Å². The zero-order chi connectivity index (χ0) is 19.2. The molecule has 1 aromatic rings. The van der Waals surface area contributed by atoms with Crippen LogP contribution >= 0.6 is 0 Å². The zero-order valence-electron chi connectivity index (χ0n) is 16.8. The van der Waals surface area contributed by atoms with Crippen LogP contribution < -0.4 is 14.8 Å². The highest BCUT2D eigenvalue weighted by Crippen LogP contribution is 2.31. The van der Waals surface area contributed by atoms with Gasteiger partial charge in [-0.1, -0.05) is 0 Å². The van der Waals surface area contributed by atoms with Crippen molar-refractivity contribution in [3.05, 3.63) is 22.8 Å². The minimum Gasteiger partial charge on any atom is -0.496 e. The Hall–Kier alpha value is -1.11. The van der Waals surface area contributed by atoms with E-state index in [9.17, 15) is 8.42 Å². The largest absolute Gasteiger partial charge is 0.496 e. The number of methoxy groups -OCH3 is 1. The Bertz CT molecular complexity index is 751. The number of nitrogens with one attached hydrogen (secondary N) is 1. The first-order chi connectivity index (χ1) is 11.3. The van der Waals surface area contributed by atoms with Crippen LogP contribution in [0.5, 0.6) is 5.75 Å². The van der Waals surface area contributed by atoms with Crippen LogP contribution in [0.4, 0.5) is 0 Å². The van der Waals surface area contributed by atoms with E-state index in [1.54, 1.807) is 13.2 Å². The Morgan fingerprint density at radius 2 is 1.60 bits per heavy atom. The van der Waals surface area contributed by atoms with Gasteiger partial charge in [0.15, 0.2) is 0 Å². The van der Waals surface area contributed by atoms with Crippen LogP contribution in [0.1, 0.15) is 57.2 Å². The van der Waals surface area contributed by atoms with Crippen molar-refractivity contribution in [3.63, 3.8) is 0 Å². The molecular formula is C19H33N2O3S+. The first kappa shape index (κ1) is 20.2. The van der Waals surface area contributed by atoms with Gasteiger partial charge in [0.2, 0.25) is 10.0 Å². The molecule has 0 aliphatic carbocycles. The molecule has 1 aliphatic heterocycles. The third-order valence-electron chi connectivity index (χ3n) is 5.12. The number of piperidine rings is 1. The molecule has 0 saturated carbocycles. The molecule has 0 aromatic heterocycles. The van der Waals surface area contributed by atoms with Gasteiger partial charge in [0.25, 0.3) is 0 Å². The minimum atomic E-state index is -3.58. The molecule has 3 N–H and O–H groups in total. The number of hydrogen-bond acceptors (Lipinski definition) is 3. The summed E-state index contributed by atoms with van der Waals surface area (Å²) in [5, 5.41) is 2.34. The summed E-state index contributed by atoms with van der Waals surface area (Å²) in [6.07, 6.45) is 1.62. The second kappa shape index (κ2) is 6.56. The van der Waals surface area contributed by atoms with Gasteiger partial charge in [-0.05, 0) is 71.2 Å². The third kappa shape index (κ3) is 4.36. The van der Waals surface area contributed by atoms with Gasteiger partial charge in [-0.3, -0.25) is 0 Å². The fourth-order valence-corrected chi connectivity index (χ4v) is 6.12. The lowest BCUT2D eigenvalue weighted by molar-refractivity contribution is -0.787. The molecule has 25 heavy (non-hydrogen) atoms. The molecule has 1 heterocycles. The molecule has 142 valence electrons. The molecule has 0 radical (unpaired) electrons. The van der Waals surface area contributed by atoms with Crippen LogP contribution in [0.15, 0.2) is 11.0 Å². The average molecular weight is 370 g/mol. The number of ether oxygens (including phenoxy) is 1. The molecule has 1 aliphatic rings. The summed E-state index contributed by atoms with van der Waals surface area (Å²) in [4.78, 5) is 0.355. The molecule has 0 bridgehead atoms. The van der Waals surface area contributed by atoms with E-state index in [1.807, 2.05) is 20.8 Å². The van der Waals surface area contributed by atoms with Crippen molar-refractivity contribution in [2.75, 3.05) is 7.11 Å². The molecule has 5 nitrogen and oxygen atoms in total. The lowest BCUT2D eigenvalue weighted by Crippen LogP contribution is -3.06. The number of benzene rings is 1. The highest BCUT2D eigenvalue weighted by atomic mass is 32.2. The fourth-order valence-electron chi connectivity index (χ4n) is 4.50. The fraction of sp³-hybridized carbons (Fsp3) is 0.684. The summed E-state index contributed by atoms with van der Waals surface area (Å²) in [5.41, 5.74) is 2.48. The van der Waals surface area contributed by atoms with Gasteiger partial charge in [-0.25, -0.2) is 13.1 Å². The third-order valence-corrected chi connectivity index (χ3v) is 6.77. The normalized spacial score (nSPS) is 20.5. The summed E-state index contributed by atoms with van der Waals surface area (Å²) in [5.74, 6) is 0.756. The number of sulfonamides is 1. The molecule has 6 heteroatoms. The van der Waals surface area contributed by atoms with Gasteiger partial charge in [0.1, 0.15) is 5.75 Å². The van der Waals surface area contributed by atoms with E-state index in [1.165, 1.54) is 0 Å². The second-order valence-electron chi connectivity index (χ2n) is 8.82. The van der Waals surface area contributed by atoms with Gasteiger partial charge in [-0.2, -0.15) is 0 Å². The smallest absolute Gasteiger partial charge is 0.241 e. The van der Waals surface area contributed by atoms with Gasteiger partial charge in [0.05, 0.1) is 23.1 Å². The first-order valence-corrected chi connectivity index (χ1v) is 10.3. The number of hydrogen-bond donors (Lipinski definition) is 2. The van der Waals surface area contributed by atoms with Crippen molar-refractivity contribution in [1.29, 1.82) is 0 Å². The maximum atomic E-state index is 13.1. The predicted molar refractivity (Wildman–Crippen MR) is 101 cm³/mol. The topological polar surface area (TPSA) is 72.0 Å². The summed E-state index contributed by atoms with van der Waals surface area (Å²) in [6, 6.07) is 1.65. The SMILES string of the molecule is COc1c(C)cc(S(=O)(=O)NC2CC(C)(C)[NH2+]C(C)(C)C2)c(C)c1C. The lowest BCUT2D eigenvalue weighted by atomic mass is 9.80. The highest BCUT2D eigenvalue weighted by Gasteiger charge is 2.43. The molecule has 0 unspecified atom stereocenters. The molecule has 1 aromatic carbocycles. The Kier molecular flexibility index (Phi) is 5.30. The van der Waals surface area contributed by atoms with E-state index in [0.29, 0.717) is 4.90 Å². The number of rotatable bonds is 4. The van der Waals surface area contributed by atoms with E-state index in [4.69, 9.17) is 4.74 Å². The van der Waals surface area contributed by atoms with Gasteiger partial charge in [-0.15, -0.1) is 0 Å². The van der Waals surface area contributed by atoms with E-state index in [-0.39, 0.29) is 17.1 Å². The van der Waals surface area contributed by atoms with E-state index in [0.717, 1.165) is 35.3 Å². The average Bonchev–Trinajstić information content (AvgIpc) is 2.39. The van der Waals surface area contributed by atoms with E-state index in [2.05, 4.69) is 37.7 Å². The summed E-state index contributed by atoms with van der Waals surface area (Å²) >= 11 is 0. The van der Waals surface area contributed by atoms with Crippen molar-refractivity contribution in [2.24, 2.45) is 0 Å². The number of quaternary nitrogens is 1. The van der Waals surface area contributed by atoms with Gasteiger partial charge >= 0.3 is 0 Å². The van der Waals surface area contributed by atoms with Crippen LogP contribution in [0.3, 0.4) is 0 Å². The summed E-state index contributed by atoms with van der Waals surface area (Å²) in [7, 11) is -1.97. The molecule has 2 rings (SSSR count). The van der Waals surface area contributed by atoms with Crippen molar-refractivity contribution in [3.8, 4) is 5.75 Å². The maximum Gasteiger partial charge on any atom is 0.241 e. The lowest BCUT2D eigenvalue weighted by Gasteiger charge is -2.43. The van der Waals surface area contributed by atoms with Crippen LogP contribution in [0.2, 0.25) is 0 Å². The predicted octanol–water partition coefficient (Wildman–Crippen LogP) is 2.18. The van der Waals surface area contributed by atoms with Crippen LogP contribution in [-0.4, -0.2) is 32.6 Å². The minimum absolute atomic E-state index is 0.00965. The summed E-state index contributed by atoms with van der Waals surface area (Å²) < 4.78 is 34.5. The van der Waals surface area contributed by atoms with Crippen LogP contribution in [0.25, 0.3) is 0 Å². The highest BCUT2D eigenvalue weighted by molar-refractivity contribution is 7.89.